The third-order valence-electron chi connectivity index (χ3n) is 3.82. The van der Waals surface area contributed by atoms with Crippen LogP contribution in [0.2, 0.25) is 15.1 Å². The van der Waals surface area contributed by atoms with Crippen LogP contribution in [0.3, 0.4) is 0 Å². The molecule has 0 spiro atoms. The molecule has 0 aliphatic heterocycles. The molecule has 0 amide bonds. The summed E-state index contributed by atoms with van der Waals surface area (Å²) in [5, 5.41) is 5.18. The van der Waals surface area contributed by atoms with Crippen molar-refractivity contribution in [1.29, 1.82) is 0 Å². The molecular weight excluding hydrogens is 536 g/mol. The van der Waals surface area contributed by atoms with Gasteiger partial charge in [0.25, 0.3) is 0 Å². The number of hydrogen-bond donors (Lipinski definition) is 1. The van der Waals surface area contributed by atoms with Crippen molar-refractivity contribution in [3.8, 4) is 5.75 Å². The summed E-state index contributed by atoms with van der Waals surface area (Å²) in [6.07, 6.45) is 0. The van der Waals surface area contributed by atoms with E-state index in [1.165, 1.54) is 0 Å². The van der Waals surface area contributed by atoms with Crippen LogP contribution in [-0.2, 0) is 13.2 Å². The summed E-state index contributed by atoms with van der Waals surface area (Å²) in [5.74, 6) is 0.740. The number of ether oxygens (including phenoxy) is 1. The fourth-order valence-electron chi connectivity index (χ4n) is 2.49. The van der Waals surface area contributed by atoms with Crippen molar-refractivity contribution in [2.75, 3.05) is 5.32 Å². The van der Waals surface area contributed by atoms with Gasteiger partial charge in [0, 0.05) is 32.2 Å². The maximum atomic E-state index is 6.25. The van der Waals surface area contributed by atoms with Crippen molar-refractivity contribution in [3.05, 3.63) is 89.7 Å². The largest absolute Gasteiger partial charge is 0.487 e. The molecule has 0 aliphatic rings. The van der Waals surface area contributed by atoms with Crippen molar-refractivity contribution in [1.82, 2.24) is 0 Å². The molecule has 0 unspecified atom stereocenters. The van der Waals surface area contributed by atoms with Gasteiger partial charge in [-0.05, 0) is 52.3 Å². The lowest BCUT2D eigenvalue weighted by Gasteiger charge is -2.16. The summed E-state index contributed by atoms with van der Waals surface area (Å²) < 4.78 is 7.87. The Labute approximate surface area is 190 Å². The zero-order chi connectivity index (χ0) is 19.4. The van der Waals surface area contributed by atoms with Crippen LogP contribution in [0.4, 0.5) is 5.69 Å². The van der Waals surface area contributed by atoms with Gasteiger partial charge >= 0.3 is 0 Å². The van der Waals surface area contributed by atoms with Gasteiger partial charge in [-0.15, -0.1) is 0 Å². The van der Waals surface area contributed by atoms with E-state index in [1.807, 2.05) is 42.5 Å². The van der Waals surface area contributed by atoms with E-state index in [0.29, 0.717) is 28.2 Å². The van der Waals surface area contributed by atoms with E-state index in [0.717, 1.165) is 31.5 Å². The van der Waals surface area contributed by atoms with Crippen molar-refractivity contribution in [2.45, 2.75) is 13.2 Å². The van der Waals surface area contributed by atoms with Gasteiger partial charge in [-0.25, -0.2) is 0 Å². The zero-order valence-corrected chi connectivity index (χ0v) is 19.3. The van der Waals surface area contributed by atoms with E-state index < -0.39 is 0 Å². The molecule has 0 heterocycles. The van der Waals surface area contributed by atoms with E-state index in [9.17, 15) is 0 Å². The molecule has 0 saturated heterocycles. The van der Waals surface area contributed by atoms with Crippen LogP contribution >= 0.6 is 66.7 Å². The fraction of sp³-hybridized carbons (Fsp3) is 0.100. The highest BCUT2D eigenvalue weighted by Gasteiger charge is 2.12. The Kier molecular flexibility index (Phi) is 7.35. The van der Waals surface area contributed by atoms with Crippen molar-refractivity contribution in [2.24, 2.45) is 0 Å². The molecule has 1 N–H and O–H groups in total. The summed E-state index contributed by atoms with van der Waals surface area (Å²) in [7, 11) is 0. The predicted octanol–water partition coefficient (Wildman–Crippen LogP) is 8.36. The van der Waals surface area contributed by atoms with Gasteiger partial charge in [-0.1, -0.05) is 68.9 Å². The number of benzene rings is 3. The van der Waals surface area contributed by atoms with Crippen LogP contribution in [0, 0.1) is 0 Å². The Morgan fingerprint density at radius 2 is 1.63 bits per heavy atom. The van der Waals surface area contributed by atoms with Crippen molar-refractivity contribution >= 4 is 72.4 Å². The lowest BCUT2D eigenvalue weighted by atomic mass is 10.2. The van der Waals surface area contributed by atoms with E-state index in [4.69, 9.17) is 39.5 Å². The minimum absolute atomic E-state index is 0.329. The first-order valence-electron chi connectivity index (χ1n) is 7.97. The number of hydrogen-bond acceptors (Lipinski definition) is 2. The molecule has 0 bridgehead atoms. The standard InChI is InChI=1S/C20H14Br2Cl3NO/c21-14-7-13(10-26-19-4-2-1-3-17(19)24)20(16(22)8-14)27-11-12-5-6-15(23)9-18(12)25/h1-9,26H,10-11H2. The summed E-state index contributed by atoms with van der Waals surface area (Å²) in [6, 6.07) is 16.9. The van der Waals surface area contributed by atoms with E-state index >= 15 is 0 Å². The number of para-hydroxylation sites is 1. The monoisotopic (exact) mass is 547 g/mol. The summed E-state index contributed by atoms with van der Waals surface area (Å²) in [5.41, 5.74) is 2.70. The van der Waals surface area contributed by atoms with Crippen LogP contribution in [0.25, 0.3) is 0 Å². The van der Waals surface area contributed by atoms with E-state index in [2.05, 4.69) is 37.2 Å². The number of rotatable bonds is 6. The SMILES string of the molecule is Clc1ccc(COc2c(Br)cc(Br)cc2CNc2ccccc2Cl)c(Cl)c1. The Hall–Kier alpha value is -0.910. The number of halogens is 5. The second-order valence-corrected chi connectivity index (χ2v) is 8.75. The third-order valence-corrected chi connectivity index (χ3v) is 5.78. The Bertz CT molecular complexity index is 966. The fourth-order valence-corrected chi connectivity index (χ4v) is 4.58. The Morgan fingerprint density at radius 3 is 2.37 bits per heavy atom. The molecule has 27 heavy (non-hydrogen) atoms. The van der Waals surface area contributed by atoms with Crippen LogP contribution in [0.1, 0.15) is 11.1 Å². The molecule has 0 aliphatic carbocycles. The summed E-state index contributed by atoms with van der Waals surface area (Å²) in [6.45, 7) is 0.876. The van der Waals surface area contributed by atoms with Gasteiger partial charge in [-0.3, -0.25) is 0 Å². The first kappa shape index (κ1) is 20.8. The summed E-state index contributed by atoms with van der Waals surface area (Å²) in [4.78, 5) is 0. The second kappa shape index (κ2) is 9.53. The van der Waals surface area contributed by atoms with Crippen LogP contribution in [0.5, 0.6) is 5.75 Å². The third kappa shape index (κ3) is 5.55. The molecule has 0 atom stereocenters. The second-order valence-electron chi connectivity index (χ2n) is 5.73. The molecular formula is C20H14Br2Cl3NO. The van der Waals surface area contributed by atoms with E-state index in [-0.39, 0.29) is 0 Å². The molecule has 3 rings (SSSR count). The maximum Gasteiger partial charge on any atom is 0.139 e. The molecule has 140 valence electrons. The van der Waals surface area contributed by atoms with Crippen LogP contribution < -0.4 is 10.1 Å². The number of anilines is 1. The number of nitrogens with one attached hydrogen (secondary N) is 1. The topological polar surface area (TPSA) is 21.3 Å². The van der Waals surface area contributed by atoms with Crippen molar-refractivity contribution < 1.29 is 4.74 Å². The lowest BCUT2D eigenvalue weighted by Crippen LogP contribution is -2.05. The molecule has 3 aromatic carbocycles. The average Bonchev–Trinajstić information content (AvgIpc) is 2.61. The Morgan fingerprint density at radius 1 is 0.852 bits per heavy atom. The molecule has 0 aromatic heterocycles. The molecule has 7 heteroatoms. The van der Waals surface area contributed by atoms with Gasteiger partial charge < -0.3 is 10.1 Å². The molecule has 3 aromatic rings. The van der Waals surface area contributed by atoms with Gasteiger partial charge in [0.15, 0.2) is 0 Å². The van der Waals surface area contributed by atoms with Crippen LogP contribution in [-0.4, -0.2) is 0 Å². The lowest BCUT2D eigenvalue weighted by molar-refractivity contribution is 0.301. The highest BCUT2D eigenvalue weighted by molar-refractivity contribution is 9.11. The molecule has 0 fully saturated rings. The van der Waals surface area contributed by atoms with Crippen LogP contribution in [0.15, 0.2) is 63.5 Å². The first-order chi connectivity index (χ1) is 12.9. The molecule has 2 nitrogen and oxygen atoms in total. The quantitative estimate of drug-likeness (QED) is 0.333. The molecule has 0 radical (unpaired) electrons. The highest BCUT2D eigenvalue weighted by Crippen LogP contribution is 2.35. The van der Waals surface area contributed by atoms with Gasteiger partial charge in [-0.2, -0.15) is 0 Å². The summed E-state index contributed by atoms with van der Waals surface area (Å²) >= 11 is 25.5. The molecule has 0 saturated carbocycles. The average molecular weight is 551 g/mol. The van der Waals surface area contributed by atoms with E-state index in [1.54, 1.807) is 12.1 Å². The minimum atomic E-state index is 0.329. The minimum Gasteiger partial charge on any atom is -0.487 e. The van der Waals surface area contributed by atoms with Gasteiger partial charge in [0.1, 0.15) is 12.4 Å². The van der Waals surface area contributed by atoms with Gasteiger partial charge in [0.05, 0.1) is 15.2 Å². The highest BCUT2D eigenvalue weighted by atomic mass is 79.9. The predicted molar refractivity (Wildman–Crippen MR) is 121 cm³/mol. The zero-order valence-electron chi connectivity index (χ0n) is 13.9. The normalized spacial score (nSPS) is 10.7. The Balaban J connectivity index is 1.81. The maximum absolute atomic E-state index is 6.25. The van der Waals surface area contributed by atoms with Gasteiger partial charge in [0.2, 0.25) is 0 Å². The smallest absolute Gasteiger partial charge is 0.139 e. The first-order valence-corrected chi connectivity index (χ1v) is 10.7. The van der Waals surface area contributed by atoms with Crippen molar-refractivity contribution in [3.63, 3.8) is 0 Å².